The number of alkyl halides is 4. The molecule has 0 saturated heterocycles. The molecule has 0 aromatic heterocycles. The standard InChI is InChI=1S/C4H9I.C3H7I.C2H5I.CH3I/c1-2-3-4-5;1-2-3-4;1-2-3;1-2/h2-4H2,1H3;2-3H2,1H3;2H2,1H3;1H3. The maximum atomic E-state index is 2.39. The van der Waals surface area contributed by atoms with Crippen molar-refractivity contribution in [1.29, 1.82) is 0 Å². The van der Waals surface area contributed by atoms with E-state index >= 15 is 0 Å². The van der Waals surface area contributed by atoms with Gasteiger partial charge in [-0.3, -0.25) is 0 Å². The third-order valence-electron chi connectivity index (χ3n) is 0.676. The van der Waals surface area contributed by atoms with Gasteiger partial charge < -0.3 is 0 Å². The van der Waals surface area contributed by atoms with Crippen LogP contribution in [0.2, 0.25) is 0 Å². The second-order valence-corrected chi connectivity index (χ2v) is 5.68. The lowest BCUT2D eigenvalue weighted by molar-refractivity contribution is 0.907. The number of halogens is 4. The average Bonchev–Trinajstić information content (AvgIpc) is 2.24. The van der Waals surface area contributed by atoms with Crippen molar-refractivity contribution in [2.75, 3.05) is 18.2 Å². The summed E-state index contributed by atoms with van der Waals surface area (Å²) in [4.78, 5) is 1.97. The molecule has 0 heterocycles. The summed E-state index contributed by atoms with van der Waals surface area (Å²) in [5, 5.41) is 0. The van der Waals surface area contributed by atoms with Crippen LogP contribution < -0.4 is 0 Å². The highest BCUT2D eigenvalue weighted by atomic mass is 127. The molecule has 0 aliphatic heterocycles. The minimum atomic E-state index is 1.22. The van der Waals surface area contributed by atoms with Gasteiger partial charge in [-0.2, -0.15) is 0 Å². The quantitative estimate of drug-likeness (QED) is 0.240. The number of hydrogen-bond acceptors (Lipinski definition) is 0. The summed E-state index contributed by atoms with van der Waals surface area (Å²) in [5.41, 5.74) is 0. The van der Waals surface area contributed by atoms with Crippen LogP contribution in [-0.4, -0.2) is 18.2 Å². The maximum absolute atomic E-state index is 2.39. The van der Waals surface area contributed by atoms with Gasteiger partial charge in [0.05, 0.1) is 0 Å². The molecular weight excluding hydrogens is 628 g/mol. The van der Waals surface area contributed by atoms with Crippen LogP contribution in [0.4, 0.5) is 0 Å². The zero-order chi connectivity index (χ0) is 12.2. The molecule has 0 spiro atoms. The predicted octanol–water partition coefficient (Wildman–Crippen LogP) is 6.55. The lowest BCUT2D eigenvalue weighted by Gasteiger charge is -1.77. The fourth-order valence-corrected chi connectivity index (χ4v) is 0.896. The normalized spacial score (nSPS) is 6.86. The van der Waals surface area contributed by atoms with Crippen LogP contribution in [0.5, 0.6) is 0 Å². The Labute approximate surface area is 146 Å². The molecule has 0 aliphatic carbocycles. The van der Waals surface area contributed by atoms with E-state index in [0.29, 0.717) is 0 Å². The molecule has 92 valence electrons. The van der Waals surface area contributed by atoms with Gasteiger partial charge in [-0.05, 0) is 31.1 Å². The molecule has 0 rings (SSSR count). The Kier molecular flexibility index (Phi) is 81.7. The van der Waals surface area contributed by atoms with E-state index in [9.17, 15) is 0 Å². The topological polar surface area (TPSA) is 0 Å². The largest absolute Gasteiger partial charge is 0.0901 e. The monoisotopic (exact) mass is 652 g/mol. The molecule has 0 bridgehead atoms. The highest BCUT2D eigenvalue weighted by Crippen LogP contribution is 1.90. The molecule has 0 aromatic rings. The van der Waals surface area contributed by atoms with Crippen molar-refractivity contribution in [1.82, 2.24) is 0 Å². The molecule has 0 nitrogen and oxygen atoms in total. The molecule has 0 aliphatic rings. The Morgan fingerprint density at radius 2 is 1.00 bits per heavy atom. The SMILES string of the molecule is CCCCI.CCCI.CCI.CI. The summed E-state index contributed by atoms with van der Waals surface area (Å²) in [6.07, 6.45) is 4.02. The molecule has 14 heavy (non-hydrogen) atoms. The Balaban J connectivity index is -0.0000000505. The first kappa shape index (κ1) is 25.7. The molecular formula is C10H24I4. The van der Waals surface area contributed by atoms with Crippen LogP contribution in [0.3, 0.4) is 0 Å². The van der Waals surface area contributed by atoms with Crippen LogP contribution in [0.15, 0.2) is 0 Å². The first-order valence-corrected chi connectivity index (χ1v) is 11.5. The molecule has 0 amide bonds. The number of hydrogen-bond donors (Lipinski definition) is 0. The van der Waals surface area contributed by atoms with Gasteiger partial charge >= 0.3 is 0 Å². The Bertz CT molecular complexity index is 39.1. The van der Waals surface area contributed by atoms with Gasteiger partial charge in [0.25, 0.3) is 0 Å². The van der Waals surface area contributed by atoms with E-state index in [1.54, 1.807) is 0 Å². The van der Waals surface area contributed by atoms with Gasteiger partial charge in [0, 0.05) is 0 Å². The highest BCUT2D eigenvalue weighted by Gasteiger charge is 1.69. The third-order valence-corrected chi connectivity index (χ3v) is 2.52. The van der Waals surface area contributed by atoms with Gasteiger partial charge in [-0.25, -0.2) is 0 Å². The molecule has 0 aromatic carbocycles. The van der Waals surface area contributed by atoms with Crippen molar-refractivity contribution in [3.8, 4) is 0 Å². The summed E-state index contributed by atoms with van der Waals surface area (Å²) >= 11 is 9.18. The summed E-state index contributed by atoms with van der Waals surface area (Å²) < 4.78 is 3.82. The minimum Gasteiger partial charge on any atom is -0.0901 e. The summed E-state index contributed by atoms with van der Waals surface area (Å²) in [6.45, 7) is 6.49. The molecule has 4 heteroatoms. The summed E-state index contributed by atoms with van der Waals surface area (Å²) in [5.74, 6) is 0. The van der Waals surface area contributed by atoms with E-state index in [1.807, 2.05) is 4.93 Å². The van der Waals surface area contributed by atoms with Crippen molar-refractivity contribution in [2.24, 2.45) is 0 Å². The second-order valence-electron chi connectivity index (χ2n) is 2.00. The maximum Gasteiger partial charge on any atom is -0.000483 e. The highest BCUT2D eigenvalue weighted by molar-refractivity contribution is 14.1. The van der Waals surface area contributed by atoms with Crippen molar-refractivity contribution < 1.29 is 0 Å². The average molecular weight is 652 g/mol. The third kappa shape index (κ3) is 82.5. The van der Waals surface area contributed by atoms with Crippen molar-refractivity contribution >= 4 is 90.4 Å². The van der Waals surface area contributed by atoms with Crippen molar-refractivity contribution in [3.63, 3.8) is 0 Å². The molecule has 0 radical (unpaired) electrons. The van der Waals surface area contributed by atoms with Gasteiger partial charge in [0.2, 0.25) is 0 Å². The zero-order valence-electron chi connectivity index (χ0n) is 9.75. The molecule has 0 fully saturated rings. The van der Waals surface area contributed by atoms with Gasteiger partial charge in [0.15, 0.2) is 0 Å². The second kappa shape index (κ2) is 44.5. The van der Waals surface area contributed by atoms with Crippen LogP contribution in [0.25, 0.3) is 0 Å². The van der Waals surface area contributed by atoms with Crippen LogP contribution >= 0.6 is 90.4 Å². The molecule has 0 unspecified atom stereocenters. The van der Waals surface area contributed by atoms with E-state index in [-0.39, 0.29) is 0 Å². The van der Waals surface area contributed by atoms with E-state index in [0.717, 1.165) is 0 Å². The molecule has 0 atom stereocenters. The Morgan fingerprint density at radius 3 is 1.00 bits per heavy atom. The fraction of sp³-hybridized carbons (Fsp3) is 1.00. The van der Waals surface area contributed by atoms with Gasteiger partial charge in [-0.15, -0.1) is 0 Å². The summed E-state index contributed by atoms with van der Waals surface area (Å²) in [6, 6.07) is 0. The first-order chi connectivity index (χ1) is 6.74. The van der Waals surface area contributed by atoms with Crippen molar-refractivity contribution in [2.45, 2.75) is 40.0 Å². The van der Waals surface area contributed by atoms with Crippen LogP contribution in [0, 0.1) is 0 Å². The van der Waals surface area contributed by atoms with E-state index in [1.165, 1.54) is 32.5 Å². The smallest absolute Gasteiger partial charge is 0.000483 e. The molecule has 0 saturated carbocycles. The minimum absolute atomic E-state index is 1.22. The lowest BCUT2D eigenvalue weighted by Crippen LogP contribution is -1.64. The number of unbranched alkanes of at least 4 members (excludes halogenated alkanes) is 1. The Morgan fingerprint density at radius 1 is 0.714 bits per heavy atom. The van der Waals surface area contributed by atoms with Crippen LogP contribution in [-0.2, 0) is 0 Å². The van der Waals surface area contributed by atoms with Gasteiger partial charge in [-0.1, -0.05) is 118 Å². The zero-order valence-corrected chi connectivity index (χ0v) is 18.4. The van der Waals surface area contributed by atoms with Gasteiger partial charge in [0.1, 0.15) is 0 Å². The first-order valence-electron chi connectivity index (χ1n) is 4.80. The Hall–Kier alpha value is 2.92. The molecule has 0 N–H and O–H groups in total. The van der Waals surface area contributed by atoms with E-state index < -0.39 is 0 Å². The lowest BCUT2D eigenvalue weighted by atomic mass is 10.4. The fourth-order valence-electron chi connectivity index (χ4n) is 0.134. The van der Waals surface area contributed by atoms with E-state index in [2.05, 4.69) is 111 Å². The van der Waals surface area contributed by atoms with Crippen LogP contribution in [0.1, 0.15) is 40.0 Å². The van der Waals surface area contributed by atoms with Crippen molar-refractivity contribution in [3.05, 3.63) is 0 Å². The number of rotatable bonds is 3. The summed E-state index contributed by atoms with van der Waals surface area (Å²) in [7, 11) is 0. The predicted molar refractivity (Wildman–Crippen MR) is 107 cm³/mol. The van der Waals surface area contributed by atoms with E-state index in [4.69, 9.17) is 0 Å².